The van der Waals surface area contributed by atoms with E-state index in [0.29, 0.717) is 17.9 Å². The van der Waals surface area contributed by atoms with Gasteiger partial charge in [-0.2, -0.15) is 0 Å². The molecule has 0 fully saturated rings. The second-order valence-electron chi connectivity index (χ2n) is 4.83. The van der Waals surface area contributed by atoms with Crippen molar-refractivity contribution in [2.24, 2.45) is 0 Å². The zero-order chi connectivity index (χ0) is 16.2. The molecular formula is C16H15N3O3S. The number of hydrogen-bond donors (Lipinski definition) is 1. The molecule has 0 aliphatic rings. The van der Waals surface area contributed by atoms with Crippen molar-refractivity contribution in [2.75, 3.05) is 6.61 Å². The number of aromatic amines is 1. The van der Waals surface area contributed by atoms with E-state index in [-0.39, 0.29) is 10.6 Å². The number of fused-ring (bicyclic) bond motifs is 1. The lowest BCUT2D eigenvalue weighted by molar-refractivity contribution is -0.385. The van der Waals surface area contributed by atoms with E-state index < -0.39 is 0 Å². The molecule has 0 radical (unpaired) electrons. The Balaban J connectivity index is 1.78. The number of para-hydroxylation sites is 1. The molecule has 0 aliphatic carbocycles. The van der Waals surface area contributed by atoms with E-state index >= 15 is 0 Å². The second kappa shape index (κ2) is 6.70. The molecule has 1 heterocycles. The van der Waals surface area contributed by atoms with Gasteiger partial charge in [-0.3, -0.25) is 10.1 Å². The Kier molecular flexibility index (Phi) is 4.47. The Hall–Kier alpha value is -2.54. The molecule has 1 N–H and O–H groups in total. The summed E-state index contributed by atoms with van der Waals surface area (Å²) in [6.45, 7) is 2.55. The monoisotopic (exact) mass is 329 g/mol. The van der Waals surface area contributed by atoms with Crippen molar-refractivity contribution < 1.29 is 9.66 Å². The van der Waals surface area contributed by atoms with Gasteiger partial charge in [0.2, 0.25) is 0 Å². The summed E-state index contributed by atoms with van der Waals surface area (Å²) < 4.78 is 5.47. The third kappa shape index (κ3) is 3.45. The van der Waals surface area contributed by atoms with Crippen molar-refractivity contribution in [3.05, 3.63) is 58.1 Å². The average molecular weight is 329 g/mol. The highest BCUT2D eigenvalue weighted by atomic mass is 32.2. The summed E-state index contributed by atoms with van der Waals surface area (Å²) in [5.41, 5.74) is 2.55. The molecule has 7 heteroatoms. The predicted molar refractivity (Wildman–Crippen MR) is 89.9 cm³/mol. The maximum Gasteiger partial charge on any atom is 0.273 e. The number of rotatable bonds is 6. The van der Waals surface area contributed by atoms with Gasteiger partial charge in [0.25, 0.3) is 5.69 Å². The number of benzene rings is 2. The van der Waals surface area contributed by atoms with E-state index in [9.17, 15) is 10.1 Å². The van der Waals surface area contributed by atoms with Gasteiger partial charge in [0, 0.05) is 23.4 Å². The third-order valence-electron chi connectivity index (χ3n) is 3.30. The Morgan fingerprint density at radius 3 is 2.91 bits per heavy atom. The highest BCUT2D eigenvalue weighted by Gasteiger charge is 2.13. The van der Waals surface area contributed by atoms with Gasteiger partial charge in [-0.25, -0.2) is 4.98 Å². The van der Waals surface area contributed by atoms with Crippen molar-refractivity contribution in [3.63, 3.8) is 0 Å². The molecule has 1 aromatic heterocycles. The van der Waals surface area contributed by atoms with Gasteiger partial charge in [0.05, 0.1) is 22.6 Å². The summed E-state index contributed by atoms with van der Waals surface area (Å²) in [4.78, 5) is 18.4. The van der Waals surface area contributed by atoms with Crippen LogP contribution in [-0.2, 0) is 5.75 Å². The van der Waals surface area contributed by atoms with Crippen LogP contribution in [0.1, 0.15) is 12.5 Å². The van der Waals surface area contributed by atoms with E-state index in [1.165, 1.54) is 17.8 Å². The number of ether oxygens (including phenoxy) is 1. The van der Waals surface area contributed by atoms with Gasteiger partial charge >= 0.3 is 0 Å². The van der Waals surface area contributed by atoms with Gasteiger partial charge in [-0.1, -0.05) is 30.0 Å². The minimum absolute atomic E-state index is 0.134. The van der Waals surface area contributed by atoms with Crippen molar-refractivity contribution >= 4 is 28.5 Å². The molecule has 0 unspecified atom stereocenters. The van der Waals surface area contributed by atoms with Crippen molar-refractivity contribution in [1.82, 2.24) is 9.97 Å². The lowest BCUT2D eigenvalue weighted by Gasteiger charge is -2.01. The van der Waals surface area contributed by atoms with E-state index in [1.807, 2.05) is 25.1 Å². The van der Waals surface area contributed by atoms with Crippen LogP contribution in [0.25, 0.3) is 11.0 Å². The van der Waals surface area contributed by atoms with Gasteiger partial charge in [-0.15, -0.1) is 0 Å². The van der Waals surface area contributed by atoms with E-state index in [1.54, 1.807) is 18.2 Å². The van der Waals surface area contributed by atoms with Crippen molar-refractivity contribution in [1.29, 1.82) is 0 Å². The molecule has 23 heavy (non-hydrogen) atoms. The molecular weight excluding hydrogens is 314 g/mol. The molecule has 3 aromatic rings. The van der Waals surface area contributed by atoms with Crippen LogP contribution in [0, 0.1) is 10.1 Å². The number of imidazole rings is 1. The topological polar surface area (TPSA) is 81.1 Å². The van der Waals surface area contributed by atoms with Crippen LogP contribution in [0.15, 0.2) is 47.6 Å². The first kappa shape index (κ1) is 15.4. The third-order valence-corrected chi connectivity index (χ3v) is 4.22. The minimum atomic E-state index is -0.358. The van der Waals surface area contributed by atoms with Gasteiger partial charge in [-0.05, 0) is 19.1 Å². The molecule has 0 spiro atoms. The molecule has 6 nitrogen and oxygen atoms in total. The van der Waals surface area contributed by atoms with Crippen LogP contribution >= 0.6 is 11.8 Å². The number of nitro groups is 1. The molecule has 0 bridgehead atoms. The van der Waals surface area contributed by atoms with Crippen LogP contribution in [0.3, 0.4) is 0 Å². The normalized spacial score (nSPS) is 10.8. The van der Waals surface area contributed by atoms with Gasteiger partial charge in [0.1, 0.15) is 5.75 Å². The van der Waals surface area contributed by atoms with Crippen LogP contribution in [0.2, 0.25) is 0 Å². The molecule has 0 aliphatic heterocycles. The maximum atomic E-state index is 11.0. The summed E-state index contributed by atoms with van der Waals surface area (Å²) in [6, 6.07) is 12.4. The number of hydrogen-bond acceptors (Lipinski definition) is 5. The highest BCUT2D eigenvalue weighted by Crippen LogP contribution is 2.28. The Morgan fingerprint density at radius 2 is 2.13 bits per heavy atom. The SMILES string of the molecule is CCOc1ccc2nc(SCc3ccccc3[N+](=O)[O-])[nH]c2c1. The first-order valence-corrected chi connectivity index (χ1v) is 8.13. The Bertz CT molecular complexity index is 847. The number of thioether (sulfide) groups is 1. The second-order valence-corrected chi connectivity index (χ2v) is 5.79. The average Bonchev–Trinajstić information content (AvgIpc) is 2.95. The standard InChI is InChI=1S/C16H15N3O3S/c1-2-22-12-7-8-13-14(9-12)18-16(17-13)23-10-11-5-3-4-6-15(11)19(20)21/h3-9H,2,10H2,1H3,(H,17,18). The molecule has 0 saturated carbocycles. The molecule has 3 rings (SSSR count). The van der Waals surface area contributed by atoms with Crippen LogP contribution in [0.5, 0.6) is 5.75 Å². The van der Waals surface area contributed by atoms with Crippen LogP contribution in [0.4, 0.5) is 5.69 Å². The summed E-state index contributed by atoms with van der Waals surface area (Å²) in [6.07, 6.45) is 0. The molecule has 0 atom stereocenters. The van der Waals surface area contributed by atoms with E-state index in [4.69, 9.17) is 4.74 Å². The zero-order valence-corrected chi connectivity index (χ0v) is 13.3. The lowest BCUT2D eigenvalue weighted by atomic mass is 10.2. The Labute approximate surface area is 137 Å². The quantitative estimate of drug-likeness (QED) is 0.417. The van der Waals surface area contributed by atoms with Gasteiger partial charge in [0.15, 0.2) is 5.16 Å². The summed E-state index contributed by atoms with van der Waals surface area (Å²) in [5.74, 6) is 1.27. The van der Waals surface area contributed by atoms with Crippen molar-refractivity contribution in [3.8, 4) is 5.75 Å². The largest absolute Gasteiger partial charge is 0.494 e. The predicted octanol–water partition coefficient (Wildman–Crippen LogP) is 4.16. The number of nitrogens with zero attached hydrogens (tertiary/aromatic N) is 2. The number of nitro benzene ring substituents is 1. The first-order valence-electron chi connectivity index (χ1n) is 7.15. The lowest BCUT2D eigenvalue weighted by Crippen LogP contribution is -1.93. The Morgan fingerprint density at radius 1 is 1.30 bits per heavy atom. The smallest absolute Gasteiger partial charge is 0.273 e. The summed E-state index contributed by atoms with van der Waals surface area (Å²) in [7, 11) is 0. The fraction of sp³-hybridized carbons (Fsp3) is 0.188. The van der Waals surface area contributed by atoms with E-state index in [2.05, 4.69) is 9.97 Å². The molecule has 0 amide bonds. The van der Waals surface area contributed by atoms with Crippen molar-refractivity contribution in [2.45, 2.75) is 17.8 Å². The number of H-pyrrole nitrogens is 1. The molecule has 2 aromatic carbocycles. The van der Waals surface area contributed by atoms with Crippen LogP contribution < -0.4 is 4.74 Å². The molecule has 118 valence electrons. The maximum absolute atomic E-state index is 11.0. The number of nitrogens with one attached hydrogen (secondary N) is 1. The first-order chi connectivity index (χ1) is 11.2. The summed E-state index contributed by atoms with van der Waals surface area (Å²) in [5, 5.41) is 11.8. The highest BCUT2D eigenvalue weighted by molar-refractivity contribution is 7.98. The fourth-order valence-electron chi connectivity index (χ4n) is 2.25. The van der Waals surface area contributed by atoms with Gasteiger partial charge < -0.3 is 9.72 Å². The molecule has 0 saturated heterocycles. The van der Waals surface area contributed by atoms with E-state index in [0.717, 1.165) is 21.9 Å². The minimum Gasteiger partial charge on any atom is -0.494 e. The summed E-state index contributed by atoms with van der Waals surface area (Å²) >= 11 is 1.44. The van der Waals surface area contributed by atoms with Crippen LogP contribution in [-0.4, -0.2) is 21.5 Å². The number of aromatic nitrogens is 2. The fourth-order valence-corrected chi connectivity index (χ4v) is 3.13. The zero-order valence-electron chi connectivity index (χ0n) is 12.5.